The van der Waals surface area contributed by atoms with Gasteiger partial charge in [-0.15, -0.1) is 0 Å². The Hall–Kier alpha value is -3.13. The standard InChI is InChI=1S/C24H36N6O6S/c1-13(31)20(24(35)36)30-23(34)19(12-37)29-22(33)18(28-21(32)16(26)7-4-5-9-25)10-14-11-27-17-8-3-2-6-15(14)17/h2-3,6,8,11,13,16,18-20,27,31,37H,4-5,7,9-10,12,25-26H2,1H3,(H,28,32)(H,29,33)(H,30,34)(H,35,36). The van der Waals surface area contributed by atoms with Gasteiger partial charge in [0.25, 0.3) is 0 Å². The van der Waals surface area contributed by atoms with Crippen molar-refractivity contribution < 1.29 is 29.4 Å². The Balaban J connectivity index is 2.21. The number of aliphatic hydroxyl groups is 1. The number of unbranched alkanes of at least 4 members (excludes halogenated alkanes) is 1. The van der Waals surface area contributed by atoms with Crippen molar-refractivity contribution in [2.24, 2.45) is 11.5 Å². The molecule has 5 unspecified atom stereocenters. The molecule has 0 aliphatic carbocycles. The Labute approximate surface area is 220 Å². The Morgan fingerprint density at radius 1 is 1.03 bits per heavy atom. The topological polar surface area (TPSA) is 213 Å². The van der Waals surface area contributed by atoms with E-state index in [1.165, 1.54) is 6.92 Å². The summed E-state index contributed by atoms with van der Waals surface area (Å²) in [4.78, 5) is 53.2. The van der Waals surface area contributed by atoms with Gasteiger partial charge in [-0.05, 0) is 37.9 Å². The lowest BCUT2D eigenvalue weighted by Gasteiger charge is -2.25. The highest BCUT2D eigenvalue weighted by atomic mass is 32.1. The van der Waals surface area contributed by atoms with Gasteiger partial charge in [-0.2, -0.15) is 12.6 Å². The molecule has 0 aliphatic heterocycles. The van der Waals surface area contributed by atoms with E-state index < -0.39 is 54.0 Å². The molecule has 0 spiro atoms. The maximum absolute atomic E-state index is 13.3. The molecule has 1 aromatic carbocycles. The first kappa shape index (κ1) is 30.1. The van der Waals surface area contributed by atoms with Gasteiger partial charge in [-0.3, -0.25) is 14.4 Å². The van der Waals surface area contributed by atoms with Crippen LogP contribution in [-0.2, 0) is 25.6 Å². The zero-order chi connectivity index (χ0) is 27.5. The predicted octanol–water partition coefficient (Wildman–Crippen LogP) is -0.984. The minimum absolute atomic E-state index is 0.101. The number of hydrogen-bond donors (Lipinski definition) is 9. The second-order valence-electron chi connectivity index (χ2n) is 8.82. The number of nitrogens with two attached hydrogens (primary N) is 2. The first-order valence-electron chi connectivity index (χ1n) is 12.0. The minimum Gasteiger partial charge on any atom is -0.480 e. The largest absolute Gasteiger partial charge is 0.480 e. The van der Waals surface area contributed by atoms with Crippen molar-refractivity contribution >= 4 is 47.2 Å². The highest BCUT2D eigenvalue weighted by Gasteiger charge is 2.31. The van der Waals surface area contributed by atoms with E-state index in [2.05, 4.69) is 33.6 Å². The summed E-state index contributed by atoms with van der Waals surface area (Å²) in [6.07, 6.45) is 2.22. The number of hydrogen-bond acceptors (Lipinski definition) is 8. The molecule has 0 saturated carbocycles. The van der Waals surface area contributed by atoms with Crippen LogP contribution in [0.4, 0.5) is 0 Å². The van der Waals surface area contributed by atoms with Crippen molar-refractivity contribution in [3.05, 3.63) is 36.0 Å². The molecule has 37 heavy (non-hydrogen) atoms. The van der Waals surface area contributed by atoms with Crippen LogP contribution in [0, 0.1) is 0 Å². The monoisotopic (exact) mass is 536 g/mol. The number of benzene rings is 1. The average molecular weight is 537 g/mol. The molecule has 0 radical (unpaired) electrons. The van der Waals surface area contributed by atoms with Crippen LogP contribution in [0.5, 0.6) is 0 Å². The van der Waals surface area contributed by atoms with E-state index in [1.54, 1.807) is 6.20 Å². The van der Waals surface area contributed by atoms with Crippen LogP contribution in [0.2, 0.25) is 0 Å². The quantitative estimate of drug-likeness (QED) is 0.102. The second kappa shape index (κ2) is 14.6. The third-order valence-corrected chi connectivity index (χ3v) is 6.26. The average Bonchev–Trinajstić information content (AvgIpc) is 3.27. The fraction of sp³-hybridized carbons (Fsp3) is 0.500. The number of carboxylic acids is 1. The molecule has 13 heteroatoms. The summed E-state index contributed by atoms with van der Waals surface area (Å²) in [5, 5.41) is 27.1. The molecule has 0 aliphatic rings. The molecule has 0 fully saturated rings. The molecule has 0 saturated heterocycles. The number of aromatic amines is 1. The van der Waals surface area contributed by atoms with Gasteiger partial charge >= 0.3 is 5.97 Å². The van der Waals surface area contributed by atoms with Crippen molar-refractivity contribution in [3.8, 4) is 0 Å². The zero-order valence-corrected chi connectivity index (χ0v) is 21.5. The van der Waals surface area contributed by atoms with Gasteiger partial charge in [0, 0.05) is 29.3 Å². The fourth-order valence-electron chi connectivity index (χ4n) is 3.76. The number of amides is 3. The number of fused-ring (bicyclic) bond motifs is 1. The van der Waals surface area contributed by atoms with Crippen molar-refractivity contribution in [1.82, 2.24) is 20.9 Å². The van der Waals surface area contributed by atoms with Crippen molar-refractivity contribution in [2.75, 3.05) is 12.3 Å². The van der Waals surface area contributed by atoms with Crippen LogP contribution in [-0.4, -0.2) is 81.5 Å². The molecule has 1 heterocycles. The van der Waals surface area contributed by atoms with E-state index in [4.69, 9.17) is 11.5 Å². The smallest absolute Gasteiger partial charge is 0.328 e. The number of nitrogens with one attached hydrogen (secondary N) is 4. The number of carbonyl (C=O) groups excluding carboxylic acids is 3. The lowest BCUT2D eigenvalue weighted by molar-refractivity contribution is -0.145. The first-order valence-corrected chi connectivity index (χ1v) is 12.7. The van der Waals surface area contributed by atoms with E-state index >= 15 is 0 Å². The summed E-state index contributed by atoms with van der Waals surface area (Å²) in [7, 11) is 0. The van der Waals surface area contributed by atoms with Crippen LogP contribution in [0.3, 0.4) is 0 Å². The lowest BCUT2D eigenvalue weighted by Crippen LogP contribution is -2.59. The Morgan fingerprint density at radius 3 is 2.30 bits per heavy atom. The molecule has 204 valence electrons. The summed E-state index contributed by atoms with van der Waals surface area (Å²) in [6, 6.07) is 2.73. The van der Waals surface area contributed by atoms with E-state index in [9.17, 15) is 29.4 Å². The van der Waals surface area contributed by atoms with Gasteiger partial charge in [-0.1, -0.05) is 24.6 Å². The first-order chi connectivity index (χ1) is 17.6. The van der Waals surface area contributed by atoms with Gasteiger partial charge in [0.1, 0.15) is 12.1 Å². The Kier molecular flexibility index (Phi) is 11.9. The van der Waals surface area contributed by atoms with E-state index in [0.717, 1.165) is 16.5 Å². The van der Waals surface area contributed by atoms with Gasteiger partial charge in [0.15, 0.2) is 6.04 Å². The predicted molar refractivity (Wildman–Crippen MR) is 142 cm³/mol. The van der Waals surface area contributed by atoms with E-state index in [1.807, 2.05) is 24.3 Å². The van der Waals surface area contributed by atoms with Crippen molar-refractivity contribution in [1.29, 1.82) is 0 Å². The zero-order valence-electron chi connectivity index (χ0n) is 20.6. The van der Waals surface area contributed by atoms with E-state index in [-0.39, 0.29) is 12.2 Å². The SMILES string of the molecule is CC(O)C(NC(=O)C(CS)NC(=O)C(Cc1c[nH]c2ccccc12)NC(=O)C(N)CCCCN)C(=O)O. The molecule has 10 N–H and O–H groups in total. The van der Waals surface area contributed by atoms with Crippen LogP contribution < -0.4 is 27.4 Å². The summed E-state index contributed by atoms with van der Waals surface area (Å²) in [5.41, 5.74) is 13.1. The number of thiol groups is 1. The third-order valence-electron chi connectivity index (χ3n) is 5.90. The molecule has 5 atom stereocenters. The maximum Gasteiger partial charge on any atom is 0.328 e. The number of aliphatic hydroxyl groups excluding tert-OH is 1. The van der Waals surface area contributed by atoms with Crippen LogP contribution in [0.25, 0.3) is 10.9 Å². The van der Waals surface area contributed by atoms with Gasteiger partial charge in [-0.25, -0.2) is 4.79 Å². The highest BCUT2D eigenvalue weighted by molar-refractivity contribution is 7.80. The molecule has 2 rings (SSSR count). The number of carbonyl (C=O) groups is 4. The number of carboxylic acid groups (broad SMARTS) is 1. The van der Waals surface area contributed by atoms with Crippen LogP contribution in [0.15, 0.2) is 30.5 Å². The fourth-order valence-corrected chi connectivity index (χ4v) is 4.01. The number of aliphatic carboxylic acids is 1. The van der Waals surface area contributed by atoms with Gasteiger partial charge < -0.3 is 42.6 Å². The van der Waals surface area contributed by atoms with Crippen LogP contribution in [0.1, 0.15) is 31.7 Å². The Bertz CT molecular complexity index is 1080. The highest BCUT2D eigenvalue weighted by Crippen LogP contribution is 2.19. The number of rotatable bonds is 15. The summed E-state index contributed by atoms with van der Waals surface area (Å²) in [5.74, 6) is -3.63. The van der Waals surface area contributed by atoms with Gasteiger partial charge in [0.05, 0.1) is 12.1 Å². The number of H-pyrrole nitrogens is 1. The molecule has 3 amide bonds. The Morgan fingerprint density at radius 2 is 1.68 bits per heavy atom. The molecule has 0 bridgehead atoms. The van der Waals surface area contributed by atoms with Gasteiger partial charge in [0.2, 0.25) is 17.7 Å². The molecular formula is C24H36N6O6S. The summed E-state index contributed by atoms with van der Waals surface area (Å²) in [6.45, 7) is 1.70. The molecule has 2 aromatic rings. The molecule has 12 nitrogen and oxygen atoms in total. The molecular weight excluding hydrogens is 500 g/mol. The molecule has 1 aromatic heterocycles. The van der Waals surface area contributed by atoms with E-state index in [0.29, 0.717) is 25.8 Å². The minimum atomic E-state index is -1.57. The number of para-hydroxylation sites is 1. The summed E-state index contributed by atoms with van der Waals surface area (Å²) >= 11 is 4.10. The third kappa shape index (κ3) is 8.74. The second-order valence-corrected chi connectivity index (χ2v) is 9.19. The van der Waals surface area contributed by atoms with Crippen molar-refractivity contribution in [3.63, 3.8) is 0 Å². The lowest BCUT2D eigenvalue weighted by atomic mass is 10.0. The maximum atomic E-state index is 13.3. The number of aromatic nitrogens is 1. The van der Waals surface area contributed by atoms with Crippen LogP contribution >= 0.6 is 12.6 Å². The van der Waals surface area contributed by atoms with Crippen molar-refractivity contribution in [2.45, 2.75) is 62.9 Å². The normalized spacial score (nSPS) is 15.3. The summed E-state index contributed by atoms with van der Waals surface area (Å²) < 4.78 is 0.